The molecule has 0 bridgehead atoms. The normalized spacial score (nSPS) is 12.2. The standard InChI is InChI=1S/C13H27N3O4/c1-5-11(2)16(10-12(17)18)13(19)14-6-8-20-9-7-15(3)4/h11H,5-10H2,1-4H3,(H,14,19)(H,17,18). The summed E-state index contributed by atoms with van der Waals surface area (Å²) in [6.07, 6.45) is 0.708. The van der Waals surface area contributed by atoms with Crippen molar-refractivity contribution in [3.8, 4) is 0 Å². The van der Waals surface area contributed by atoms with E-state index in [0.717, 1.165) is 6.54 Å². The molecule has 20 heavy (non-hydrogen) atoms. The Morgan fingerprint density at radius 2 is 1.95 bits per heavy atom. The molecule has 0 aliphatic rings. The zero-order chi connectivity index (χ0) is 15.5. The molecular weight excluding hydrogens is 262 g/mol. The van der Waals surface area contributed by atoms with Crippen LogP contribution in [-0.4, -0.2) is 79.9 Å². The summed E-state index contributed by atoms with van der Waals surface area (Å²) in [6.45, 7) is 5.68. The van der Waals surface area contributed by atoms with Gasteiger partial charge in [-0.15, -0.1) is 0 Å². The maximum atomic E-state index is 11.9. The molecule has 0 aromatic carbocycles. The Hall–Kier alpha value is -1.34. The van der Waals surface area contributed by atoms with Gasteiger partial charge in [0, 0.05) is 19.1 Å². The summed E-state index contributed by atoms with van der Waals surface area (Å²) in [4.78, 5) is 26.0. The van der Waals surface area contributed by atoms with Gasteiger partial charge in [-0.1, -0.05) is 6.92 Å². The lowest BCUT2D eigenvalue weighted by Gasteiger charge is -2.27. The van der Waals surface area contributed by atoms with Gasteiger partial charge in [-0.3, -0.25) is 4.79 Å². The van der Waals surface area contributed by atoms with Crippen molar-refractivity contribution in [2.24, 2.45) is 0 Å². The fourth-order valence-corrected chi connectivity index (χ4v) is 1.47. The number of carboxylic acids is 1. The van der Waals surface area contributed by atoms with Crippen LogP contribution >= 0.6 is 0 Å². The van der Waals surface area contributed by atoms with Gasteiger partial charge < -0.3 is 25.0 Å². The largest absolute Gasteiger partial charge is 0.480 e. The van der Waals surface area contributed by atoms with E-state index in [0.29, 0.717) is 26.2 Å². The number of rotatable bonds is 10. The molecule has 0 rings (SSSR count). The van der Waals surface area contributed by atoms with E-state index in [9.17, 15) is 9.59 Å². The minimum absolute atomic E-state index is 0.110. The van der Waals surface area contributed by atoms with Crippen molar-refractivity contribution in [1.29, 1.82) is 0 Å². The molecule has 0 aromatic heterocycles. The van der Waals surface area contributed by atoms with Gasteiger partial charge in [0.1, 0.15) is 6.54 Å². The first kappa shape index (κ1) is 18.7. The molecule has 1 unspecified atom stereocenters. The van der Waals surface area contributed by atoms with Gasteiger partial charge in [-0.25, -0.2) is 4.79 Å². The van der Waals surface area contributed by atoms with Crippen LogP contribution in [0.4, 0.5) is 4.79 Å². The Bertz CT molecular complexity index is 297. The number of nitrogens with one attached hydrogen (secondary N) is 1. The second-order valence-corrected chi connectivity index (χ2v) is 4.93. The summed E-state index contributed by atoms with van der Waals surface area (Å²) in [5.41, 5.74) is 0. The molecule has 0 radical (unpaired) electrons. The van der Waals surface area contributed by atoms with Crippen LogP contribution in [0.2, 0.25) is 0 Å². The van der Waals surface area contributed by atoms with E-state index >= 15 is 0 Å². The first-order chi connectivity index (χ1) is 9.38. The molecule has 2 amide bonds. The Kier molecular flexibility index (Phi) is 9.75. The number of amides is 2. The van der Waals surface area contributed by atoms with Gasteiger partial charge in [0.2, 0.25) is 0 Å². The maximum Gasteiger partial charge on any atom is 0.323 e. The summed E-state index contributed by atoms with van der Waals surface area (Å²) < 4.78 is 5.35. The van der Waals surface area contributed by atoms with Gasteiger partial charge in [0.15, 0.2) is 0 Å². The second kappa shape index (κ2) is 10.4. The van der Waals surface area contributed by atoms with Gasteiger partial charge in [-0.2, -0.15) is 0 Å². The van der Waals surface area contributed by atoms with Crippen molar-refractivity contribution in [3.63, 3.8) is 0 Å². The molecule has 0 aromatic rings. The van der Waals surface area contributed by atoms with E-state index in [-0.39, 0.29) is 18.6 Å². The van der Waals surface area contributed by atoms with E-state index in [1.807, 2.05) is 32.8 Å². The van der Waals surface area contributed by atoms with E-state index in [4.69, 9.17) is 9.84 Å². The Labute approximate surface area is 120 Å². The third-order valence-corrected chi connectivity index (χ3v) is 2.89. The quantitative estimate of drug-likeness (QED) is 0.571. The molecule has 0 aliphatic heterocycles. The number of carbonyl (C=O) groups is 2. The minimum atomic E-state index is -1.01. The predicted molar refractivity (Wildman–Crippen MR) is 76.9 cm³/mol. The first-order valence-corrected chi connectivity index (χ1v) is 6.87. The van der Waals surface area contributed by atoms with Gasteiger partial charge in [0.05, 0.1) is 13.2 Å². The molecule has 7 nitrogen and oxygen atoms in total. The molecule has 7 heteroatoms. The Morgan fingerprint density at radius 3 is 2.45 bits per heavy atom. The molecule has 1 atom stereocenters. The average molecular weight is 289 g/mol. The fraction of sp³-hybridized carbons (Fsp3) is 0.846. The first-order valence-electron chi connectivity index (χ1n) is 6.87. The molecule has 0 aliphatic carbocycles. The molecule has 0 spiro atoms. The fourth-order valence-electron chi connectivity index (χ4n) is 1.47. The van der Waals surface area contributed by atoms with Crippen LogP contribution in [0, 0.1) is 0 Å². The number of hydrogen-bond acceptors (Lipinski definition) is 4. The van der Waals surface area contributed by atoms with Crippen molar-refractivity contribution in [2.45, 2.75) is 26.3 Å². The lowest BCUT2D eigenvalue weighted by molar-refractivity contribution is -0.138. The second-order valence-electron chi connectivity index (χ2n) is 4.93. The van der Waals surface area contributed by atoms with E-state index in [1.54, 1.807) is 0 Å². The van der Waals surface area contributed by atoms with Crippen LogP contribution < -0.4 is 5.32 Å². The molecule has 0 saturated carbocycles. The number of nitrogens with zero attached hydrogens (tertiary/aromatic N) is 2. The highest BCUT2D eigenvalue weighted by molar-refractivity contribution is 5.80. The van der Waals surface area contributed by atoms with Gasteiger partial charge in [-0.05, 0) is 27.4 Å². The Balaban J connectivity index is 3.98. The lowest BCUT2D eigenvalue weighted by Crippen LogP contribution is -2.48. The van der Waals surface area contributed by atoms with Crippen molar-refractivity contribution in [3.05, 3.63) is 0 Å². The number of urea groups is 1. The number of ether oxygens (including phenoxy) is 1. The number of hydrogen-bond donors (Lipinski definition) is 2. The summed E-state index contributed by atoms with van der Waals surface area (Å²) >= 11 is 0. The van der Waals surface area contributed by atoms with Crippen LogP contribution in [0.1, 0.15) is 20.3 Å². The van der Waals surface area contributed by atoms with Crippen molar-refractivity contribution < 1.29 is 19.4 Å². The van der Waals surface area contributed by atoms with E-state index < -0.39 is 5.97 Å². The molecule has 0 saturated heterocycles. The summed E-state index contributed by atoms with van der Waals surface area (Å²) in [5.74, 6) is -1.01. The number of carboxylic acid groups (broad SMARTS) is 1. The van der Waals surface area contributed by atoms with Crippen LogP contribution in [0.5, 0.6) is 0 Å². The maximum absolute atomic E-state index is 11.9. The number of aliphatic carboxylic acids is 1. The number of carbonyl (C=O) groups excluding carboxylic acids is 1. The van der Waals surface area contributed by atoms with Crippen LogP contribution in [0.3, 0.4) is 0 Å². The van der Waals surface area contributed by atoms with Crippen LogP contribution in [0.25, 0.3) is 0 Å². The molecular formula is C13H27N3O4. The topological polar surface area (TPSA) is 82.1 Å². The van der Waals surface area contributed by atoms with Gasteiger partial charge >= 0.3 is 12.0 Å². The van der Waals surface area contributed by atoms with E-state index in [2.05, 4.69) is 5.32 Å². The van der Waals surface area contributed by atoms with Crippen LogP contribution in [-0.2, 0) is 9.53 Å². The zero-order valence-corrected chi connectivity index (χ0v) is 12.9. The smallest absolute Gasteiger partial charge is 0.323 e. The van der Waals surface area contributed by atoms with Gasteiger partial charge in [0.25, 0.3) is 0 Å². The lowest BCUT2D eigenvalue weighted by atomic mass is 10.2. The third-order valence-electron chi connectivity index (χ3n) is 2.89. The monoisotopic (exact) mass is 289 g/mol. The highest BCUT2D eigenvalue weighted by atomic mass is 16.5. The molecule has 0 fully saturated rings. The summed E-state index contributed by atoms with van der Waals surface area (Å²) in [7, 11) is 3.92. The zero-order valence-electron chi connectivity index (χ0n) is 12.9. The molecule has 2 N–H and O–H groups in total. The van der Waals surface area contributed by atoms with Crippen LogP contribution in [0.15, 0.2) is 0 Å². The molecule has 118 valence electrons. The van der Waals surface area contributed by atoms with Crippen molar-refractivity contribution >= 4 is 12.0 Å². The Morgan fingerprint density at radius 1 is 1.30 bits per heavy atom. The number of likely N-dealkylation sites (N-methyl/N-ethyl adjacent to an activating group) is 1. The SMILES string of the molecule is CCC(C)N(CC(=O)O)C(=O)NCCOCCN(C)C. The minimum Gasteiger partial charge on any atom is -0.480 e. The van der Waals surface area contributed by atoms with Crippen molar-refractivity contribution in [1.82, 2.24) is 15.1 Å². The summed E-state index contributed by atoms with van der Waals surface area (Å²) in [6, 6.07) is -0.473. The highest BCUT2D eigenvalue weighted by Crippen LogP contribution is 2.03. The summed E-state index contributed by atoms with van der Waals surface area (Å²) in [5, 5.41) is 11.5. The van der Waals surface area contributed by atoms with Crippen molar-refractivity contribution in [2.75, 3.05) is 46.9 Å². The predicted octanol–water partition coefficient (Wildman–Crippen LogP) is 0.459. The highest BCUT2D eigenvalue weighted by Gasteiger charge is 2.20. The van der Waals surface area contributed by atoms with E-state index in [1.165, 1.54) is 4.90 Å². The molecule has 0 heterocycles. The average Bonchev–Trinajstić information content (AvgIpc) is 2.38. The third kappa shape index (κ3) is 8.71.